The van der Waals surface area contributed by atoms with Crippen LogP contribution in [0, 0.1) is 0 Å². The van der Waals surface area contributed by atoms with Crippen molar-refractivity contribution in [3.8, 4) is 0 Å². The molecule has 0 radical (unpaired) electrons. The lowest BCUT2D eigenvalue weighted by atomic mass is 10.2. The third-order valence-corrected chi connectivity index (χ3v) is 5.11. The van der Waals surface area contributed by atoms with E-state index in [1.54, 1.807) is 14.1 Å². The predicted octanol–water partition coefficient (Wildman–Crippen LogP) is 0.342. The molecule has 2 aliphatic heterocycles. The van der Waals surface area contributed by atoms with Gasteiger partial charge in [0, 0.05) is 46.8 Å². The number of likely N-dealkylation sites (N-methyl/N-ethyl adjacent to an activating group) is 1. The van der Waals surface area contributed by atoms with E-state index in [1.165, 1.54) is 4.90 Å². The molecule has 2 saturated heterocycles. The van der Waals surface area contributed by atoms with Crippen LogP contribution in [0.5, 0.6) is 0 Å². The van der Waals surface area contributed by atoms with E-state index in [9.17, 15) is 9.59 Å². The van der Waals surface area contributed by atoms with Crippen molar-refractivity contribution in [1.82, 2.24) is 25.3 Å². The molecule has 31 heavy (non-hydrogen) atoms. The molecule has 0 spiro atoms. The second kappa shape index (κ2) is 12.1. The molecule has 10 nitrogen and oxygen atoms in total. The lowest BCUT2D eigenvalue weighted by molar-refractivity contribution is -0.127. The Bertz CT molecular complexity index is 613. The Hall–Kier alpha value is -2.07. The number of amides is 2. The van der Waals surface area contributed by atoms with Gasteiger partial charge in [-0.15, -0.1) is 0 Å². The zero-order valence-corrected chi connectivity index (χ0v) is 19.8. The van der Waals surface area contributed by atoms with E-state index in [-0.39, 0.29) is 18.5 Å². The summed E-state index contributed by atoms with van der Waals surface area (Å²) in [4.78, 5) is 34.7. The van der Waals surface area contributed by atoms with Crippen LogP contribution in [0.15, 0.2) is 4.99 Å². The fourth-order valence-corrected chi connectivity index (χ4v) is 3.42. The summed E-state index contributed by atoms with van der Waals surface area (Å²) >= 11 is 0. The number of morpholine rings is 1. The Kier molecular flexibility index (Phi) is 9.83. The van der Waals surface area contributed by atoms with Crippen LogP contribution < -0.4 is 10.6 Å². The number of carbonyl (C=O) groups is 2. The van der Waals surface area contributed by atoms with Crippen molar-refractivity contribution in [3.63, 3.8) is 0 Å². The van der Waals surface area contributed by atoms with Crippen molar-refractivity contribution in [2.45, 2.75) is 45.3 Å². The predicted molar refractivity (Wildman–Crippen MR) is 120 cm³/mol. The summed E-state index contributed by atoms with van der Waals surface area (Å²) in [5.74, 6) is 0.668. The first kappa shape index (κ1) is 25.2. The monoisotopic (exact) mass is 440 g/mol. The number of hydrogen-bond donors (Lipinski definition) is 2. The molecule has 2 heterocycles. The number of rotatable bonds is 7. The van der Waals surface area contributed by atoms with E-state index in [0.717, 1.165) is 58.8 Å². The second-order valence-electron chi connectivity index (χ2n) is 9.24. The number of carbonyl (C=O) groups excluding carboxylic acids is 2. The van der Waals surface area contributed by atoms with E-state index >= 15 is 0 Å². The minimum Gasteiger partial charge on any atom is -0.444 e. The maximum absolute atomic E-state index is 12.1. The van der Waals surface area contributed by atoms with E-state index in [1.807, 2.05) is 20.8 Å². The maximum Gasteiger partial charge on any atom is 0.407 e. The number of nitrogens with zero attached hydrogens (tertiary/aromatic N) is 4. The van der Waals surface area contributed by atoms with Crippen LogP contribution in [-0.2, 0) is 14.3 Å². The summed E-state index contributed by atoms with van der Waals surface area (Å²) in [6.07, 6.45) is 1.38. The topological polar surface area (TPSA) is 98.7 Å². The number of alkyl carbamates (subject to hydrolysis) is 1. The van der Waals surface area contributed by atoms with Gasteiger partial charge in [0.05, 0.1) is 19.3 Å². The molecule has 0 bridgehead atoms. The lowest BCUT2D eigenvalue weighted by Gasteiger charge is -2.27. The van der Waals surface area contributed by atoms with E-state index in [0.29, 0.717) is 12.5 Å². The van der Waals surface area contributed by atoms with Gasteiger partial charge in [0.1, 0.15) is 12.1 Å². The molecule has 2 amide bonds. The minimum atomic E-state index is -0.524. The highest BCUT2D eigenvalue weighted by Gasteiger charge is 2.28. The van der Waals surface area contributed by atoms with Crippen molar-refractivity contribution in [2.75, 3.05) is 73.1 Å². The third kappa shape index (κ3) is 9.73. The van der Waals surface area contributed by atoms with Crippen molar-refractivity contribution in [2.24, 2.45) is 4.99 Å². The molecule has 0 aromatic rings. The molecule has 0 aliphatic carbocycles. The molecule has 2 aliphatic rings. The highest BCUT2D eigenvalue weighted by atomic mass is 16.6. The summed E-state index contributed by atoms with van der Waals surface area (Å²) in [5, 5.41) is 6.35. The second-order valence-corrected chi connectivity index (χ2v) is 9.24. The average Bonchev–Trinajstić information content (AvgIpc) is 3.14. The smallest absolute Gasteiger partial charge is 0.407 e. The minimum absolute atomic E-state index is 0.0141. The summed E-state index contributed by atoms with van der Waals surface area (Å²) < 4.78 is 10.8. The zero-order chi connectivity index (χ0) is 22.9. The molecule has 0 aromatic heterocycles. The van der Waals surface area contributed by atoms with E-state index in [4.69, 9.17) is 9.47 Å². The Morgan fingerprint density at radius 2 is 1.90 bits per heavy atom. The Morgan fingerprint density at radius 1 is 1.19 bits per heavy atom. The van der Waals surface area contributed by atoms with Crippen molar-refractivity contribution < 1.29 is 19.1 Å². The SMILES string of the molecule is CN(C)C(=O)CN=C(NCCCN1CCOCC1)N1CCC(NC(=O)OC(C)(C)C)C1. The number of hydrogen-bond acceptors (Lipinski definition) is 6. The van der Waals surface area contributed by atoms with Gasteiger partial charge in [0.2, 0.25) is 5.91 Å². The molecule has 0 saturated carbocycles. The molecule has 2 rings (SSSR count). The summed E-state index contributed by atoms with van der Waals surface area (Å²) in [6.45, 7) is 12.3. The van der Waals surface area contributed by atoms with Gasteiger partial charge in [0.25, 0.3) is 0 Å². The van der Waals surface area contributed by atoms with Gasteiger partial charge in [0.15, 0.2) is 5.96 Å². The van der Waals surface area contributed by atoms with Crippen molar-refractivity contribution in [3.05, 3.63) is 0 Å². The molecule has 1 unspecified atom stereocenters. The number of guanidine groups is 1. The maximum atomic E-state index is 12.1. The van der Waals surface area contributed by atoms with Crippen LogP contribution in [0.1, 0.15) is 33.6 Å². The summed E-state index contributed by atoms with van der Waals surface area (Å²) in [5.41, 5.74) is -0.524. The fourth-order valence-electron chi connectivity index (χ4n) is 3.42. The zero-order valence-electron chi connectivity index (χ0n) is 19.8. The lowest BCUT2D eigenvalue weighted by Crippen LogP contribution is -2.45. The fraction of sp³-hybridized carbons (Fsp3) is 0.857. The number of nitrogens with one attached hydrogen (secondary N) is 2. The van der Waals surface area contributed by atoms with E-state index in [2.05, 4.69) is 25.4 Å². The first-order chi connectivity index (χ1) is 14.6. The molecular formula is C21H40N6O4. The highest BCUT2D eigenvalue weighted by molar-refractivity contribution is 5.85. The number of ether oxygens (including phenoxy) is 2. The number of likely N-dealkylation sites (tertiary alicyclic amines) is 1. The van der Waals surface area contributed by atoms with Crippen LogP contribution in [0.4, 0.5) is 4.79 Å². The molecule has 178 valence electrons. The first-order valence-corrected chi connectivity index (χ1v) is 11.2. The van der Waals surface area contributed by atoms with Crippen LogP contribution >= 0.6 is 0 Å². The van der Waals surface area contributed by atoms with Gasteiger partial charge in [-0.2, -0.15) is 0 Å². The molecule has 2 N–H and O–H groups in total. The Morgan fingerprint density at radius 3 is 2.55 bits per heavy atom. The van der Waals surface area contributed by atoms with Crippen molar-refractivity contribution in [1.29, 1.82) is 0 Å². The molecule has 0 aromatic carbocycles. The quantitative estimate of drug-likeness (QED) is 0.335. The first-order valence-electron chi connectivity index (χ1n) is 11.2. The van der Waals surface area contributed by atoms with Crippen LogP contribution in [0.2, 0.25) is 0 Å². The summed E-state index contributed by atoms with van der Waals surface area (Å²) in [6, 6.07) is -0.0141. The Balaban J connectivity index is 1.86. The largest absolute Gasteiger partial charge is 0.444 e. The average molecular weight is 441 g/mol. The van der Waals surface area contributed by atoms with Crippen LogP contribution in [-0.4, -0.2) is 117 Å². The summed E-state index contributed by atoms with van der Waals surface area (Å²) in [7, 11) is 3.45. The normalized spacial score (nSPS) is 20.5. The van der Waals surface area contributed by atoms with Gasteiger partial charge in [-0.25, -0.2) is 9.79 Å². The van der Waals surface area contributed by atoms with Crippen LogP contribution in [0.3, 0.4) is 0 Å². The Labute approximate surface area is 186 Å². The standard InChI is InChI=1S/C21H40N6O4/c1-21(2,3)31-20(29)24-17-7-10-27(16-17)19(23-15-18(28)25(4)5)22-8-6-9-26-11-13-30-14-12-26/h17H,6-16H2,1-5H3,(H,22,23)(H,24,29). The number of aliphatic imine (C=N–C) groups is 1. The van der Waals surface area contributed by atoms with Gasteiger partial charge in [-0.1, -0.05) is 0 Å². The molecular weight excluding hydrogens is 400 g/mol. The van der Waals surface area contributed by atoms with Gasteiger partial charge >= 0.3 is 6.09 Å². The van der Waals surface area contributed by atoms with E-state index < -0.39 is 11.7 Å². The van der Waals surface area contributed by atoms with Crippen LogP contribution in [0.25, 0.3) is 0 Å². The molecule has 10 heteroatoms. The van der Waals surface area contributed by atoms with Gasteiger partial charge in [-0.05, 0) is 40.2 Å². The van der Waals surface area contributed by atoms with Crippen molar-refractivity contribution >= 4 is 18.0 Å². The highest BCUT2D eigenvalue weighted by Crippen LogP contribution is 2.12. The molecule has 1 atom stereocenters. The van der Waals surface area contributed by atoms with Gasteiger partial charge in [-0.3, -0.25) is 9.69 Å². The third-order valence-electron chi connectivity index (χ3n) is 5.11. The van der Waals surface area contributed by atoms with Gasteiger partial charge < -0.3 is 29.9 Å². The molecule has 2 fully saturated rings.